The number of benzene rings is 1. The molecule has 1 N–H and O–H groups in total. The molecule has 0 aliphatic carbocycles. The van der Waals surface area contributed by atoms with Crippen molar-refractivity contribution in [3.8, 4) is 0 Å². The lowest BCUT2D eigenvalue weighted by molar-refractivity contribution is 0.0455. The molecule has 0 amide bonds. The van der Waals surface area contributed by atoms with Crippen molar-refractivity contribution < 1.29 is 9.84 Å². The third-order valence-electron chi connectivity index (χ3n) is 2.63. The molecular weight excluding hydrogens is 208 g/mol. The molecule has 1 heterocycles. The van der Waals surface area contributed by atoms with Gasteiger partial charge in [0.1, 0.15) is 0 Å². The molecule has 0 radical (unpaired) electrons. The van der Waals surface area contributed by atoms with Crippen LogP contribution in [0.4, 0.5) is 0 Å². The molecule has 1 atom stereocenters. The van der Waals surface area contributed by atoms with Crippen LogP contribution < -0.4 is 0 Å². The summed E-state index contributed by atoms with van der Waals surface area (Å²) in [5.41, 5.74) is 1.20. The summed E-state index contributed by atoms with van der Waals surface area (Å²) >= 11 is 1.87. The lowest BCUT2D eigenvalue weighted by atomic mass is 10.0. The minimum atomic E-state index is 0.211. The van der Waals surface area contributed by atoms with E-state index in [1.807, 2.05) is 18.7 Å². The number of hydrogen-bond acceptors (Lipinski definition) is 3. The highest BCUT2D eigenvalue weighted by Crippen LogP contribution is 2.28. The van der Waals surface area contributed by atoms with E-state index in [0.717, 1.165) is 13.2 Å². The molecule has 0 aromatic heterocycles. The SMILES string of the molecule is CC(CO)c1ccc(SC2COC2)cc1. The van der Waals surface area contributed by atoms with Gasteiger partial charge in [0.2, 0.25) is 0 Å². The molecule has 1 fully saturated rings. The number of rotatable bonds is 4. The Balaban J connectivity index is 1.96. The molecule has 1 aromatic carbocycles. The maximum Gasteiger partial charge on any atom is 0.0611 e. The van der Waals surface area contributed by atoms with Crippen LogP contribution >= 0.6 is 11.8 Å². The minimum Gasteiger partial charge on any atom is -0.396 e. The van der Waals surface area contributed by atoms with Crippen molar-refractivity contribution in [1.82, 2.24) is 0 Å². The van der Waals surface area contributed by atoms with Crippen LogP contribution in [-0.2, 0) is 4.74 Å². The normalized spacial score (nSPS) is 18.5. The molecular formula is C12H16O2S. The van der Waals surface area contributed by atoms with Crippen molar-refractivity contribution in [3.63, 3.8) is 0 Å². The first-order chi connectivity index (χ1) is 7.29. The Labute approximate surface area is 94.6 Å². The Morgan fingerprint density at radius 3 is 2.53 bits per heavy atom. The number of thioether (sulfide) groups is 1. The van der Waals surface area contributed by atoms with E-state index in [9.17, 15) is 0 Å². The Bertz CT molecular complexity index is 306. The maximum absolute atomic E-state index is 9.03. The first-order valence-electron chi connectivity index (χ1n) is 5.25. The topological polar surface area (TPSA) is 29.5 Å². The maximum atomic E-state index is 9.03. The molecule has 1 aromatic rings. The molecule has 2 nitrogen and oxygen atoms in total. The van der Waals surface area contributed by atoms with Crippen LogP contribution in [-0.4, -0.2) is 30.2 Å². The van der Waals surface area contributed by atoms with Gasteiger partial charge < -0.3 is 9.84 Å². The van der Waals surface area contributed by atoms with Crippen LogP contribution in [0.5, 0.6) is 0 Å². The van der Waals surface area contributed by atoms with Crippen LogP contribution in [0.2, 0.25) is 0 Å². The molecule has 1 aliphatic heterocycles. The van der Waals surface area contributed by atoms with Gasteiger partial charge in [0.05, 0.1) is 18.5 Å². The number of aliphatic hydroxyl groups is 1. The molecule has 82 valence electrons. The number of hydrogen-bond donors (Lipinski definition) is 1. The van der Waals surface area contributed by atoms with E-state index in [4.69, 9.17) is 9.84 Å². The van der Waals surface area contributed by atoms with E-state index < -0.39 is 0 Å². The molecule has 1 saturated heterocycles. The highest BCUT2D eigenvalue weighted by atomic mass is 32.2. The molecule has 15 heavy (non-hydrogen) atoms. The van der Waals surface area contributed by atoms with E-state index in [1.165, 1.54) is 10.5 Å². The summed E-state index contributed by atoms with van der Waals surface area (Å²) in [6.07, 6.45) is 0. The second kappa shape index (κ2) is 5.01. The van der Waals surface area contributed by atoms with Crippen LogP contribution in [0, 0.1) is 0 Å². The largest absolute Gasteiger partial charge is 0.396 e. The molecule has 1 unspecified atom stereocenters. The van der Waals surface area contributed by atoms with Gasteiger partial charge in [-0.1, -0.05) is 19.1 Å². The van der Waals surface area contributed by atoms with Crippen molar-refractivity contribution in [3.05, 3.63) is 29.8 Å². The average molecular weight is 224 g/mol. The van der Waals surface area contributed by atoms with Gasteiger partial charge in [-0.2, -0.15) is 0 Å². The van der Waals surface area contributed by atoms with Crippen LogP contribution in [0.25, 0.3) is 0 Å². The lowest BCUT2D eigenvalue weighted by Gasteiger charge is -2.25. The minimum absolute atomic E-state index is 0.211. The fourth-order valence-electron chi connectivity index (χ4n) is 1.45. The van der Waals surface area contributed by atoms with Crippen LogP contribution in [0.3, 0.4) is 0 Å². The van der Waals surface area contributed by atoms with Crippen molar-refractivity contribution in [2.24, 2.45) is 0 Å². The predicted molar refractivity (Wildman–Crippen MR) is 62.4 cm³/mol. The van der Waals surface area contributed by atoms with Gasteiger partial charge in [-0.05, 0) is 17.7 Å². The summed E-state index contributed by atoms with van der Waals surface area (Å²) in [6.45, 7) is 3.99. The van der Waals surface area contributed by atoms with E-state index in [0.29, 0.717) is 5.25 Å². The van der Waals surface area contributed by atoms with Gasteiger partial charge >= 0.3 is 0 Å². The van der Waals surface area contributed by atoms with E-state index in [1.54, 1.807) is 0 Å². The van der Waals surface area contributed by atoms with Gasteiger partial charge in [0, 0.05) is 17.4 Å². The monoisotopic (exact) mass is 224 g/mol. The summed E-state index contributed by atoms with van der Waals surface area (Å²) in [6, 6.07) is 8.46. The van der Waals surface area contributed by atoms with Gasteiger partial charge in [-0.25, -0.2) is 0 Å². The quantitative estimate of drug-likeness (QED) is 0.850. The summed E-state index contributed by atoms with van der Waals surface area (Å²) < 4.78 is 5.13. The fraction of sp³-hybridized carbons (Fsp3) is 0.500. The van der Waals surface area contributed by atoms with Crippen molar-refractivity contribution >= 4 is 11.8 Å². The molecule has 1 aliphatic rings. The van der Waals surface area contributed by atoms with Gasteiger partial charge in [-0.3, -0.25) is 0 Å². The third-order valence-corrected chi connectivity index (χ3v) is 3.78. The zero-order chi connectivity index (χ0) is 10.7. The van der Waals surface area contributed by atoms with Gasteiger partial charge in [0.25, 0.3) is 0 Å². The highest BCUT2D eigenvalue weighted by Gasteiger charge is 2.19. The van der Waals surface area contributed by atoms with Gasteiger partial charge in [-0.15, -0.1) is 11.8 Å². The summed E-state index contributed by atoms with van der Waals surface area (Å²) in [5, 5.41) is 9.66. The summed E-state index contributed by atoms with van der Waals surface area (Å²) in [4.78, 5) is 1.29. The Morgan fingerprint density at radius 1 is 1.40 bits per heavy atom. The zero-order valence-electron chi connectivity index (χ0n) is 8.85. The number of ether oxygens (including phenoxy) is 1. The summed E-state index contributed by atoms with van der Waals surface area (Å²) in [7, 11) is 0. The van der Waals surface area contributed by atoms with E-state index in [2.05, 4.69) is 24.3 Å². The molecule has 0 bridgehead atoms. The Morgan fingerprint density at radius 2 is 2.07 bits per heavy atom. The Hall–Kier alpha value is -0.510. The molecule has 2 rings (SSSR count). The van der Waals surface area contributed by atoms with Crippen molar-refractivity contribution in [2.75, 3.05) is 19.8 Å². The first-order valence-corrected chi connectivity index (χ1v) is 6.13. The average Bonchev–Trinajstić information content (AvgIpc) is 2.23. The molecule has 3 heteroatoms. The van der Waals surface area contributed by atoms with E-state index >= 15 is 0 Å². The van der Waals surface area contributed by atoms with Gasteiger partial charge in [0.15, 0.2) is 0 Å². The summed E-state index contributed by atoms with van der Waals surface area (Å²) in [5.74, 6) is 0.232. The second-order valence-corrected chi connectivity index (χ2v) is 5.30. The zero-order valence-corrected chi connectivity index (χ0v) is 9.67. The Kier molecular flexibility index (Phi) is 3.67. The highest BCUT2D eigenvalue weighted by molar-refractivity contribution is 8.00. The molecule has 0 saturated carbocycles. The standard InChI is InChI=1S/C12H16O2S/c1-9(6-13)10-2-4-11(5-3-10)15-12-7-14-8-12/h2-5,9,12-13H,6-8H2,1H3. The van der Waals surface area contributed by atoms with Crippen molar-refractivity contribution in [1.29, 1.82) is 0 Å². The smallest absolute Gasteiger partial charge is 0.0611 e. The predicted octanol–water partition coefficient (Wildman–Crippen LogP) is 2.27. The third kappa shape index (κ3) is 2.74. The molecule has 0 spiro atoms. The fourth-order valence-corrected chi connectivity index (χ4v) is 2.46. The van der Waals surface area contributed by atoms with Crippen LogP contribution in [0.15, 0.2) is 29.2 Å². The first kappa shape index (κ1) is 11.0. The van der Waals surface area contributed by atoms with Crippen molar-refractivity contribution in [2.45, 2.75) is 23.0 Å². The van der Waals surface area contributed by atoms with E-state index in [-0.39, 0.29) is 12.5 Å². The number of aliphatic hydroxyl groups excluding tert-OH is 1. The lowest BCUT2D eigenvalue weighted by Crippen LogP contribution is -2.29. The van der Waals surface area contributed by atoms with Crippen LogP contribution in [0.1, 0.15) is 18.4 Å². The second-order valence-electron chi connectivity index (χ2n) is 3.93.